The summed E-state index contributed by atoms with van der Waals surface area (Å²) < 4.78 is 51.8. The van der Waals surface area contributed by atoms with Crippen molar-refractivity contribution in [3.05, 3.63) is 77.4 Å². The van der Waals surface area contributed by atoms with E-state index in [-0.39, 0.29) is 39.8 Å². The molecule has 5 nitrogen and oxygen atoms in total. The number of hydrogen-bond donors (Lipinski definition) is 0. The third kappa shape index (κ3) is 2.56. The van der Waals surface area contributed by atoms with Crippen LogP contribution in [-0.4, -0.2) is 11.8 Å². The lowest BCUT2D eigenvalue weighted by atomic mass is 10.1. The fraction of sp³-hybridized carbons (Fsp3) is 0.0476. The van der Waals surface area contributed by atoms with Gasteiger partial charge >= 0.3 is 6.18 Å². The summed E-state index contributed by atoms with van der Waals surface area (Å²) in [7, 11) is 0. The number of alkyl halides is 3. The van der Waals surface area contributed by atoms with Crippen molar-refractivity contribution >= 4 is 17.5 Å². The van der Waals surface area contributed by atoms with E-state index in [0.717, 1.165) is 12.1 Å². The third-order valence-corrected chi connectivity index (χ3v) is 4.68. The van der Waals surface area contributed by atoms with Gasteiger partial charge in [0, 0.05) is 0 Å². The highest BCUT2D eigenvalue weighted by Gasteiger charge is 2.42. The average molecular weight is 397 g/mol. The standard InChI is InChI=1S/C21H10F3NO4/c22-21(23,24)11-9-14(25-19(26)12-5-1-2-6-13(12)20(25)27)18-17(10-11)28-15-7-3-4-8-16(15)29-18/h1-10H. The van der Waals surface area contributed by atoms with E-state index >= 15 is 0 Å². The predicted octanol–water partition coefficient (Wildman–Crippen LogP) is 5.40. The Bertz CT molecular complexity index is 1170. The summed E-state index contributed by atoms with van der Waals surface area (Å²) in [5, 5.41) is 0. The molecule has 3 aromatic carbocycles. The number of nitrogens with zero attached hydrogens (tertiary/aromatic N) is 1. The van der Waals surface area contributed by atoms with Crippen molar-refractivity contribution in [2.75, 3.05) is 4.90 Å². The van der Waals surface area contributed by atoms with Crippen molar-refractivity contribution < 1.29 is 32.2 Å². The Morgan fingerprint density at radius 3 is 1.86 bits per heavy atom. The number of amides is 2. The Balaban J connectivity index is 1.72. The van der Waals surface area contributed by atoms with Gasteiger partial charge in [0.1, 0.15) is 0 Å². The molecule has 2 aliphatic rings. The van der Waals surface area contributed by atoms with Gasteiger partial charge in [-0.2, -0.15) is 13.2 Å². The summed E-state index contributed by atoms with van der Waals surface area (Å²) in [6, 6.07) is 14.0. The number of carbonyl (C=O) groups excluding carboxylic acids is 2. The minimum Gasteiger partial charge on any atom is -0.449 e. The van der Waals surface area contributed by atoms with Crippen LogP contribution >= 0.6 is 0 Å². The van der Waals surface area contributed by atoms with Crippen LogP contribution in [0.2, 0.25) is 0 Å². The van der Waals surface area contributed by atoms with Crippen LogP contribution in [0.15, 0.2) is 60.7 Å². The third-order valence-electron chi connectivity index (χ3n) is 4.68. The largest absolute Gasteiger partial charge is 0.449 e. The van der Waals surface area contributed by atoms with Crippen molar-refractivity contribution in [2.45, 2.75) is 6.18 Å². The molecule has 2 aliphatic heterocycles. The van der Waals surface area contributed by atoms with Gasteiger partial charge < -0.3 is 9.47 Å². The molecule has 0 spiro atoms. The number of para-hydroxylation sites is 2. The number of imide groups is 1. The van der Waals surface area contributed by atoms with Gasteiger partial charge in [0.2, 0.25) is 0 Å². The van der Waals surface area contributed by atoms with Gasteiger partial charge in [-0.15, -0.1) is 0 Å². The number of halogens is 3. The number of fused-ring (bicyclic) bond motifs is 3. The topological polar surface area (TPSA) is 55.8 Å². The van der Waals surface area contributed by atoms with Crippen molar-refractivity contribution in [3.63, 3.8) is 0 Å². The van der Waals surface area contributed by atoms with Gasteiger partial charge in [0.25, 0.3) is 11.8 Å². The molecule has 0 aliphatic carbocycles. The zero-order chi connectivity index (χ0) is 20.3. The smallest absolute Gasteiger partial charge is 0.416 e. The Hall–Kier alpha value is -3.81. The first kappa shape index (κ1) is 17.3. The van der Waals surface area contributed by atoms with Crippen molar-refractivity contribution in [1.82, 2.24) is 0 Å². The first-order valence-corrected chi connectivity index (χ1v) is 8.52. The lowest BCUT2D eigenvalue weighted by Crippen LogP contribution is -2.30. The number of rotatable bonds is 1. The van der Waals surface area contributed by atoms with Gasteiger partial charge in [-0.1, -0.05) is 24.3 Å². The number of ether oxygens (including phenoxy) is 2. The average Bonchev–Trinajstić information content (AvgIpc) is 2.95. The van der Waals surface area contributed by atoms with Crippen LogP contribution < -0.4 is 14.4 Å². The number of anilines is 1. The fourth-order valence-corrected chi connectivity index (χ4v) is 3.35. The maximum absolute atomic E-state index is 13.5. The second kappa shape index (κ2) is 5.84. The minimum atomic E-state index is -4.72. The lowest BCUT2D eigenvalue weighted by molar-refractivity contribution is -0.137. The molecule has 0 fully saturated rings. The molecule has 0 atom stereocenters. The summed E-state index contributed by atoms with van der Waals surface area (Å²) >= 11 is 0. The van der Waals surface area contributed by atoms with Gasteiger partial charge in [-0.25, -0.2) is 4.90 Å². The maximum Gasteiger partial charge on any atom is 0.416 e. The molecule has 0 saturated heterocycles. The van der Waals surface area contributed by atoms with Gasteiger partial charge in [0.15, 0.2) is 23.0 Å². The summed E-state index contributed by atoms with van der Waals surface area (Å²) in [6.07, 6.45) is -4.72. The molecule has 0 bridgehead atoms. The normalized spacial score (nSPS) is 14.7. The highest BCUT2D eigenvalue weighted by Crippen LogP contribution is 2.52. The Labute approximate surface area is 161 Å². The van der Waals surface area contributed by atoms with E-state index in [1.807, 2.05) is 0 Å². The van der Waals surface area contributed by atoms with Crippen LogP contribution in [0.5, 0.6) is 23.0 Å². The minimum absolute atomic E-state index is 0.112. The molecule has 0 N–H and O–H groups in total. The van der Waals surface area contributed by atoms with Crippen LogP contribution in [0.4, 0.5) is 18.9 Å². The van der Waals surface area contributed by atoms with Crippen LogP contribution in [0.25, 0.3) is 0 Å². The van der Waals surface area contributed by atoms with Crippen LogP contribution in [0.1, 0.15) is 26.3 Å². The first-order valence-electron chi connectivity index (χ1n) is 8.52. The summed E-state index contributed by atoms with van der Waals surface area (Å²) in [5.41, 5.74) is -1.16. The van der Waals surface area contributed by atoms with Crippen LogP contribution in [0, 0.1) is 0 Å². The van der Waals surface area contributed by atoms with Crippen molar-refractivity contribution in [3.8, 4) is 23.0 Å². The van der Waals surface area contributed by atoms with E-state index in [1.54, 1.807) is 36.4 Å². The monoisotopic (exact) mass is 397 g/mol. The summed E-state index contributed by atoms with van der Waals surface area (Å²) in [5.74, 6) is -1.33. The molecule has 0 aromatic heterocycles. The van der Waals surface area contributed by atoms with Gasteiger partial charge in [-0.3, -0.25) is 9.59 Å². The zero-order valence-corrected chi connectivity index (χ0v) is 14.5. The van der Waals surface area contributed by atoms with Crippen LogP contribution in [0.3, 0.4) is 0 Å². The molecule has 8 heteroatoms. The quantitative estimate of drug-likeness (QED) is 0.404. The van der Waals surface area contributed by atoms with E-state index in [4.69, 9.17) is 9.47 Å². The van der Waals surface area contributed by atoms with Crippen molar-refractivity contribution in [1.29, 1.82) is 0 Å². The Morgan fingerprint density at radius 1 is 0.724 bits per heavy atom. The molecule has 3 aromatic rings. The maximum atomic E-state index is 13.5. The number of benzene rings is 3. The van der Waals surface area contributed by atoms with Crippen LogP contribution in [-0.2, 0) is 6.18 Å². The lowest BCUT2D eigenvalue weighted by Gasteiger charge is -2.26. The number of carbonyl (C=O) groups is 2. The second-order valence-electron chi connectivity index (χ2n) is 6.46. The number of hydrogen-bond acceptors (Lipinski definition) is 4. The molecule has 2 heterocycles. The predicted molar refractivity (Wildman–Crippen MR) is 95.6 cm³/mol. The highest BCUT2D eigenvalue weighted by atomic mass is 19.4. The zero-order valence-electron chi connectivity index (χ0n) is 14.5. The van der Waals surface area contributed by atoms with E-state index in [0.29, 0.717) is 4.90 Å². The fourth-order valence-electron chi connectivity index (χ4n) is 3.35. The summed E-state index contributed by atoms with van der Waals surface area (Å²) in [6.45, 7) is 0. The molecule has 2 amide bonds. The van der Waals surface area contributed by atoms with E-state index in [1.165, 1.54) is 12.1 Å². The molecular formula is C21H10F3NO4. The summed E-state index contributed by atoms with van der Waals surface area (Å²) in [4.78, 5) is 26.3. The molecule has 0 unspecified atom stereocenters. The highest BCUT2D eigenvalue weighted by molar-refractivity contribution is 6.35. The van der Waals surface area contributed by atoms with E-state index in [2.05, 4.69) is 0 Å². The van der Waals surface area contributed by atoms with Gasteiger partial charge in [-0.05, 0) is 36.4 Å². The Kier molecular flexibility index (Phi) is 3.48. The SMILES string of the molecule is O=C1c2ccccc2C(=O)N1c1cc(C(F)(F)F)cc2c1Oc1ccccc1O2. The molecule has 5 rings (SSSR count). The van der Waals surface area contributed by atoms with E-state index in [9.17, 15) is 22.8 Å². The van der Waals surface area contributed by atoms with E-state index < -0.39 is 23.6 Å². The molecule has 144 valence electrons. The van der Waals surface area contributed by atoms with Crippen molar-refractivity contribution in [2.24, 2.45) is 0 Å². The first-order chi connectivity index (χ1) is 13.8. The Morgan fingerprint density at radius 2 is 1.28 bits per heavy atom. The molecule has 0 saturated carbocycles. The molecule has 29 heavy (non-hydrogen) atoms. The molecule has 0 radical (unpaired) electrons. The second-order valence-corrected chi connectivity index (χ2v) is 6.46. The molecular weight excluding hydrogens is 387 g/mol. The van der Waals surface area contributed by atoms with Gasteiger partial charge in [0.05, 0.1) is 22.4 Å².